The highest BCUT2D eigenvalue weighted by atomic mass is 32.1. The first-order valence-corrected chi connectivity index (χ1v) is 9.07. The standard InChI is InChI=1S/C19H19NO5S/c1-11-6-15-14(8-18(22)25-16(15)7-12(11)2)9-24-17(21)4-5-20-13(3)10-26-19(20)23/h6-8,10H,4-5,9H2,1-3H3. The number of carbonyl (C=O) groups is 1. The number of aromatic nitrogens is 1. The number of hydrogen-bond donors (Lipinski definition) is 0. The minimum atomic E-state index is -0.479. The van der Waals surface area contributed by atoms with Crippen molar-refractivity contribution < 1.29 is 13.9 Å². The molecular weight excluding hydrogens is 354 g/mol. The van der Waals surface area contributed by atoms with E-state index < -0.39 is 11.6 Å². The van der Waals surface area contributed by atoms with Gasteiger partial charge in [-0.05, 0) is 44.0 Å². The van der Waals surface area contributed by atoms with Gasteiger partial charge >= 0.3 is 16.5 Å². The molecule has 0 aliphatic heterocycles. The van der Waals surface area contributed by atoms with Gasteiger partial charge in [-0.1, -0.05) is 11.3 Å². The van der Waals surface area contributed by atoms with Crippen molar-refractivity contribution in [3.63, 3.8) is 0 Å². The summed E-state index contributed by atoms with van der Waals surface area (Å²) in [5.41, 5.74) is 3.51. The molecule has 1 aromatic carbocycles. The lowest BCUT2D eigenvalue weighted by molar-refractivity contribution is -0.145. The lowest BCUT2D eigenvalue weighted by atomic mass is 10.0. The average Bonchev–Trinajstić information content (AvgIpc) is 2.90. The third-order valence-corrected chi connectivity index (χ3v) is 5.23. The fraction of sp³-hybridized carbons (Fsp3) is 0.316. The van der Waals surface area contributed by atoms with Crippen LogP contribution < -0.4 is 10.5 Å². The maximum Gasteiger partial charge on any atom is 0.336 e. The zero-order valence-electron chi connectivity index (χ0n) is 14.8. The van der Waals surface area contributed by atoms with E-state index in [0.717, 1.165) is 33.5 Å². The average molecular weight is 373 g/mol. The Hall–Kier alpha value is -2.67. The summed E-state index contributed by atoms with van der Waals surface area (Å²) in [6.07, 6.45) is 0.0923. The van der Waals surface area contributed by atoms with E-state index in [0.29, 0.717) is 11.1 Å². The van der Waals surface area contributed by atoms with E-state index in [1.54, 1.807) is 9.95 Å². The molecule has 0 bridgehead atoms. The van der Waals surface area contributed by atoms with Gasteiger partial charge in [0.2, 0.25) is 0 Å². The predicted octanol–water partition coefficient (Wildman–Crippen LogP) is 3.07. The quantitative estimate of drug-likeness (QED) is 0.507. The fourth-order valence-electron chi connectivity index (χ4n) is 2.71. The van der Waals surface area contributed by atoms with Crippen molar-refractivity contribution in [3.8, 4) is 0 Å². The summed E-state index contributed by atoms with van der Waals surface area (Å²) in [6, 6.07) is 5.08. The number of benzene rings is 1. The van der Waals surface area contributed by atoms with Gasteiger partial charge in [-0.15, -0.1) is 0 Å². The molecule has 0 saturated carbocycles. The summed E-state index contributed by atoms with van der Waals surface area (Å²) >= 11 is 1.11. The molecule has 0 atom stereocenters. The maximum atomic E-state index is 12.0. The van der Waals surface area contributed by atoms with Crippen LogP contribution in [0.5, 0.6) is 0 Å². The summed E-state index contributed by atoms with van der Waals surface area (Å²) in [4.78, 5) is 35.4. The topological polar surface area (TPSA) is 78.5 Å². The molecule has 0 aliphatic carbocycles. The number of hydrogen-bond acceptors (Lipinski definition) is 6. The smallest absolute Gasteiger partial charge is 0.336 e. The van der Waals surface area contributed by atoms with Crippen molar-refractivity contribution in [2.45, 2.75) is 40.3 Å². The number of esters is 1. The number of fused-ring (bicyclic) bond motifs is 1. The molecule has 3 aromatic rings. The first-order valence-electron chi connectivity index (χ1n) is 8.19. The van der Waals surface area contributed by atoms with Gasteiger partial charge in [0.15, 0.2) is 0 Å². The van der Waals surface area contributed by atoms with Crippen molar-refractivity contribution in [1.29, 1.82) is 0 Å². The van der Waals surface area contributed by atoms with Crippen molar-refractivity contribution >= 4 is 28.3 Å². The van der Waals surface area contributed by atoms with E-state index in [2.05, 4.69) is 0 Å². The minimum absolute atomic E-state index is 0.0129. The molecule has 0 unspecified atom stereocenters. The van der Waals surface area contributed by atoms with Crippen molar-refractivity contribution in [2.75, 3.05) is 0 Å². The highest BCUT2D eigenvalue weighted by molar-refractivity contribution is 7.07. The molecule has 0 N–H and O–H groups in total. The minimum Gasteiger partial charge on any atom is -0.461 e. The Balaban J connectivity index is 1.73. The number of carbonyl (C=O) groups excluding carboxylic acids is 1. The SMILES string of the molecule is Cc1cc2oc(=O)cc(COC(=O)CCn3c(C)csc3=O)c2cc1C. The number of rotatable bonds is 5. The molecule has 6 nitrogen and oxygen atoms in total. The van der Waals surface area contributed by atoms with Crippen molar-refractivity contribution in [2.24, 2.45) is 0 Å². The van der Waals surface area contributed by atoms with Crippen LogP contribution >= 0.6 is 11.3 Å². The number of ether oxygens (including phenoxy) is 1. The number of aryl methyl sites for hydroxylation is 3. The van der Waals surface area contributed by atoms with Gasteiger partial charge in [-0.3, -0.25) is 9.59 Å². The maximum absolute atomic E-state index is 12.0. The summed E-state index contributed by atoms with van der Waals surface area (Å²) in [6.45, 7) is 6.00. The molecule has 0 saturated heterocycles. The van der Waals surface area contributed by atoms with Crippen LogP contribution in [0.15, 0.2) is 37.6 Å². The molecule has 136 valence electrons. The Morgan fingerprint density at radius 2 is 1.88 bits per heavy atom. The van der Waals surface area contributed by atoms with E-state index in [1.165, 1.54) is 6.07 Å². The Labute approximate surface area is 153 Å². The van der Waals surface area contributed by atoms with Crippen LogP contribution in [0.4, 0.5) is 0 Å². The van der Waals surface area contributed by atoms with Crippen molar-refractivity contribution in [3.05, 3.63) is 66.1 Å². The van der Waals surface area contributed by atoms with Gasteiger partial charge < -0.3 is 13.7 Å². The lowest BCUT2D eigenvalue weighted by Gasteiger charge is -2.09. The summed E-state index contributed by atoms with van der Waals surface area (Å²) in [7, 11) is 0. The third kappa shape index (κ3) is 3.77. The van der Waals surface area contributed by atoms with E-state index in [-0.39, 0.29) is 24.4 Å². The fourth-order valence-corrected chi connectivity index (χ4v) is 3.47. The monoisotopic (exact) mass is 373 g/mol. The zero-order valence-corrected chi connectivity index (χ0v) is 15.6. The first-order chi connectivity index (χ1) is 12.3. The highest BCUT2D eigenvalue weighted by Gasteiger charge is 2.11. The molecule has 7 heteroatoms. The van der Waals surface area contributed by atoms with Gasteiger partial charge in [0.05, 0.1) is 6.42 Å². The molecule has 0 amide bonds. The molecule has 2 heterocycles. The third-order valence-electron chi connectivity index (χ3n) is 4.35. The molecule has 26 heavy (non-hydrogen) atoms. The van der Waals surface area contributed by atoms with Crippen LogP contribution in [0.3, 0.4) is 0 Å². The Morgan fingerprint density at radius 3 is 2.58 bits per heavy atom. The van der Waals surface area contributed by atoms with Gasteiger partial charge in [0, 0.05) is 34.6 Å². The highest BCUT2D eigenvalue weighted by Crippen LogP contribution is 2.22. The summed E-state index contributed by atoms with van der Waals surface area (Å²) in [5.74, 6) is -0.423. The second kappa shape index (κ2) is 7.29. The second-order valence-electron chi connectivity index (χ2n) is 6.23. The molecule has 0 spiro atoms. The Morgan fingerprint density at radius 1 is 1.15 bits per heavy atom. The van der Waals surface area contributed by atoms with Crippen LogP contribution in [-0.4, -0.2) is 10.5 Å². The first kappa shape index (κ1) is 18.1. The van der Waals surface area contributed by atoms with Gasteiger partial charge in [-0.2, -0.15) is 0 Å². The van der Waals surface area contributed by atoms with E-state index in [9.17, 15) is 14.4 Å². The van der Waals surface area contributed by atoms with E-state index in [4.69, 9.17) is 9.15 Å². The Bertz CT molecular complexity index is 1090. The zero-order chi connectivity index (χ0) is 18.8. The van der Waals surface area contributed by atoms with E-state index >= 15 is 0 Å². The van der Waals surface area contributed by atoms with Crippen LogP contribution in [0.1, 0.15) is 28.8 Å². The van der Waals surface area contributed by atoms with Gasteiger partial charge in [-0.25, -0.2) is 4.79 Å². The Kier molecular flexibility index (Phi) is 5.08. The summed E-state index contributed by atoms with van der Waals surface area (Å²) in [5, 5.41) is 2.51. The number of nitrogens with zero attached hydrogens (tertiary/aromatic N) is 1. The second-order valence-corrected chi connectivity index (χ2v) is 7.05. The van der Waals surface area contributed by atoms with Crippen LogP contribution in [0.25, 0.3) is 11.0 Å². The largest absolute Gasteiger partial charge is 0.461 e. The lowest BCUT2D eigenvalue weighted by Crippen LogP contribution is -2.18. The molecule has 0 fully saturated rings. The summed E-state index contributed by atoms with van der Waals surface area (Å²) < 4.78 is 12.1. The molecule has 3 rings (SSSR count). The van der Waals surface area contributed by atoms with Crippen LogP contribution in [0.2, 0.25) is 0 Å². The van der Waals surface area contributed by atoms with Crippen LogP contribution in [0, 0.1) is 20.8 Å². The molecule has 0 radical (unpaired) electrons. The van der Waals surface area contributed by atoms with Gasteiger partial charge in [0.25, 0.3) is 0 Å². The van der Waals surface area contributed by atoms with Crippen molar-refractivity contribution in [1.82, 2.24) is 4.57 Å². The molecular formula is C19H19NO5S. The van der Waals surface area contributed by atoms with Crippen LogP contribution in [-0.2, 0) is 22.7 Å². The molecule has 0 aliphatic rings. The predicted molar refractivity (Wildman–Crippen MR) is 99.7 cm³/mol. The molecule has 2 aromatic heterocycles. The van der Waals surface area contributed by atoms with E-state index in [1.807, 2.05) is 32.9 Å². The number of thiazole rings is 1. The van der Waals surface area contributed by atoms with Gasteiger partial charge in [0.1, 0.15) is 12.2 Å². The normalized spacial score (nSPS) is 11.0.